The van der Waals surface area contributed by atoms with Gasteiger partial charge in [0.2, 0.25) is 0 Å². The zero-order valence-corrected chi connectivity index (χ0v) is 16.3. The number of likely N-dealkylation sites (N-methyl/N-ethyl adjacent to an activating group) is 1. The molecule has 0 atom stereocenters. The Morgan fingerprint density at radius 2 is 2.15 bits per heavy atom. The lowest BCUT2D eigenvalue weighted by Gasteiger charge is -2.16. The average Bonchev–Trinajstić information content (AvgIpc) is 3.31. The van der Waals surface area contributed by atoms with E-state index in [1.165, 1.54) is 6.33 Å². The second-order valence-corrected chi connectivity index (χ2v) is 7.26. The first-order valence-electron chi connectivity index (χ1n) is 8.53. The number of carbonyl (C=O) groups excluding carboxylic acids is 2. The molecular formula is C18H21N5O3S. The van der Waals surface area contributed by atoms with Gasteiger partial charge in [0, 0.05) is 29.7 Å². The fourth-order valence-electron chi connectivity index (χ4n) is 2.79. The van der Waals surface area contributed by atoms with Gasteiger partial charge in [-0.1, -0.05) is 6.07 Å². The molecule has 3 aromatic rings. The number of fused-ring (bicyclic) bond motifs is 1. The molecule has 27 heavy (non-hydrogen) atoms. The van der Waals surface area contributed by atoms with E-state index in [1.54, 1.807) is 27.8 Å². The van der Waals surface area contributed by atoms with Crippen LogP contribution < -0.4 is 0 Å². The lowest BCUT2D eigenvalue weighted by atomic mass is 10.1. The summed E-state index contributed by atoms with van der Waals surface area (Å²) < 4.78 is 6.79. The van der Waals surface area contributed by atoms with Crippen LogP contribution in [0.1, 0.15) is 28.2 Å². The predicted octanol–water partition coefficient (Wildman–Crippen LogP) is 1.94. The van der Waals surface area contributed by atoms with Gasteiger partial charge in [-0.25, -0.2) is 9.50 Å². The molecule has 0 N–H and O–H groups in total. The summed E-state index contributed by atoms with van der Waals surface area (Å²) in [5, 5.41) is 6.10. The Labute approximate surface area is 160 Å². The predicted molar refractivity (Wildman–Crippen MR) is 100 cm³/mol. The van der Waals surface area contributed by atoms with Crippen LogP contribution >= 0.6 is 11.3 Å². The standard InChI is InChI=1S/C18H21N5O3S/c1-12-15(13(2)23-18(21-12)19-11-20-23)6-7-17(25)26-10-16(24)22(3)9-14-5-4-8-27-14/h4-5,8,11H,6-7,9-10H2,1-3H3. The largest absolute Gasteiger partial charge is 0.456 e. The molecule has 3 rings (SSSR count). The van der Waals surface area contributed by atoms with Gasteiger partial charge < -0.3 is 9.64 Å². The van der Waals surface area contributed by atoms with E-state index in [0.29, 0.717) is 18.7 Å². The minimum atomic E-state index is -0.412. The normalized spacial score (nSPS) is 10.9. The van der Waals surface area contributed by atoms with Crippen LogP contribution in [0, 0.1) is 13.8 Å². The molecule has 0 fully saturated rings. The lowest BCUT2D eigenvalue weighted by Crippen LogP contribution is -2.30. The van der Waals surface area contributed by atoms with Crippen LogP contribution in [-0.2, 0) is 27.3 Å². The van der Waals surface area contributed by atoms with Gasteiger partial charge in [0.15, 0.2) is 6.61 Å². The first-order valence-corrected chi connectivity index (χ1v) is 9.41. The molecule has 0 unspecified atom stereocenters. The first kappa shape index (κ1) is 19.0. The number of aromatic nitrogens is 4. The number of aryl methyl sites for hydroxylation is 2. The third-order valence-electron chi connectivity index (χ3n) is 4.32. The molecule has 8 nitrogen and oxygen atoms in total. The van der Waals surface area contributed by atoms with Crippen molar-refractivity contribution in [2.75, 3.05) is 13.7 Å². The van der Waals surface area contributed by atoms with Crippen molar-refractivity contribution < 1.29 is 14.3 Å². The summed E-state index contributed by atoms with van der Waals surface area (Å²) in [6.45, 7) is 4.06. The molecule has 0 radical (unpaired) electrons. The summed E-state index contributed by atoms with van der Waals surface area (Å²) in [6.07, 6.45) is 2.09. The van der Waals surface area contributed by atoms with Crippen LogP contribution in [0.2, 0.25) is 0 Å². The Balaban J connectivity index is 1.50. The van der Waals surface area contributed by atoms with Gasteiger partial charge >= 0.3 is 5.97 Å². The quantitative estimate of drug-likeness (QED) is 0.576. The Kier molecular flexibility index (Phi) is 5.80. The summed E-state index contributed by atoms with van der Waals surface area (Å²) in [4.78, 5) is 35.2. The van der Waals surface area contributed by atoms with Crippen molar-refractivity contribution in [1.82, 2.24) is 24.5 Å². The van der Waals surface area contributed by atoms with Crippen LogP contribution in [-0.4, -0.2) is 50.0 Å². The Hall–Kier alpha value is -2.81. The van der Waals surface area contributed by atoms with Crippen molar-refractivity contribution >= 4 is 29.0 Å². The molecule has 142 valence electrons. The number of nitrogens with zero attached hydrogens (tertiary/aromatic N) is 5. The number of rotatable bonds is 7. The number of amides is 1. The fourth-order valence-corrected chi connectivity index (χ4v) is 3.55. The molecular weight excluding hydrogens is 366 g/mol. The summed E-state index contributed by atoms with van der Waals surface area (Å²) in [6, 6.07) is 3.90. The highest BCUT2D eigenvalue weighted by molar-refractivity contribution is 7.09. The summed E-state index contributed by atoms with van der Waals surface area (Å²) in [5.41, 5.74) is 2.65. The van der Waals surface area contributed by atoms with Crippen molar-refractivity contribution in [3.63, 3.8) is 0 Å². The summed E-state index contributed by atoms with van der Waals surface area (Å²) in [7, 11) is 1.70. The van der Waals surface area contributed by atoms with Crippen LogP contribution in [0.3, 0.4) is 0 Å². The fraction of sp³-hybridized carbons (Fsp3) is 0.389. The van der Waals surface area contributed by atoms with E-state index in [0.717, 1.165) is 21.8 Å². The Morgan fingerprint density at radius 3 is 2.89 bits per heavy atom. The molecule has 0 aliphatic rings. The highest BCUT2D eigenvalue weighted by Crippen LogP contribution is 2.15. The molecule has 1 amide bonds. The summed E-state index contributed by atoms with van der Waals surface area (Å²) >= 11 is 1.58. The van der Waals surface area contributed by atoms with Gasteiger partial charge in [-0.15, -0.1) is 11.3 Å². The SMILES string of the molecule is Cc1nc2ncnn2c(C)c1CCC(=O)OCC(=O)N(C)Cc1cccs1. The maximum Gasteiger partial charge on any atom is 0.306 e. The zero-order valence-electron chi connectivity index (χ0n) is 15.5. The maximum absolute atomic E-state index is 12.1. The lowest BCUT2D eigenvalue weighted by molar-refractivity contribution is -0.151. The second kappa shape index (κ2) is 8.26. The topological polar surface area (TPSA) is 89.7 Å². The van der Waals surface area contributed by atoms with Crippen molar-refractivity contribution in [3.05, 3.63) is 45.7 Å². The molecule has 3 aromatic heterocycles. The number of hydrogen-bond donors (Lipinski definition) is 0. The smallest absolute Gasteiger partial charge is 0.306 e. The maximum atomic E-state index is 12.1. The molecule has 0 spiro atoms. The van der Waals surface area contributed by atoms with Gasteiger partial charge in [-0.3, -0.25) is 9.59 Å². The van der Waals surface area contributed by atoms with Crippen LogP contribution in [0.5, 0.6) is 0 Å². The van der Waals surface area contributed by atoms with Crippen LogP contribution in [0.15, 0.2) is 23.8 Å². The molecule has 0 aromatic carbocycles. The van der Waals surface area contributed by atoms with E-state index in [1.807, 2.05) is 31.4 Å². The number of thiophene rings is 1. The molecule has 9 heteroatoms. The monoisotopic (exact) mass is 387 g/mol. The molecule has 3 heterocycles. The van der Waals surface area contributed by atoms with Gasteiger partial charge in [0.1, 0.15) is 6.33 Å². The van der Waals surface area contributed by atoms with E-state index in [4.69, 9.17) is 4.74 Å². The first-order chi connectivity index (χ1) is 13.0. The van der Waals surface area contributed by atoms with Crippen molar-refractivity contribution in [1.29, 1.82) is 0 Å². The van der Waals surface area contributed by atoms with E-state index in [9.17, 15) is 9.59 Å². The summed E-state index contributed by atoms with van der Waals surface area (Å²) in [5.74, 6) is -0.101. The molecule has 0 aliphatic carbocycles. The molecule has 0 saturated heterocycles. The molecule has 0 saturated carbocycles. The average molecular weight is 387 g/mol. The Bertz CT molecular complexity index is 951. The third kappa shape index (κ3) is 4.48. The number of hydrogen-bond acceptors (Lipinski definition) is 7. The number of ether oxygens (including phenoxy) is 1. The number of carbonyl (C=O) groups is 2. The van der Waals surface area contributed by atoms with Gasteiger partial charge in [0.25, 0.3) is 11.7 Å². The minimum Gasteiger partial charge on any atom is -0.456 e. The van der Waals surface area contributed by atoms with Crippen LogP contribution in [0.25, 0.3) is 5.78 Å². The van der Waals surface area contributed by atoms with E-state index in [-0.39, 0.29) is 18.9 Å². The van der Waals surface area contributed by atoms with Crippen molar-refractivity contribution in [2.24, 2.45) is 0 Å². The van der Waals surface area contributed by atoms with E-state index < -0.39 is 5.97 Å². The molecule has 0 aliphatic heterocycles. The minimum absolute atomic E-state index is 0.172. The van der Waals surface area contributed by atoms with Crippen molar-refractivity contribution in [3.8, 4) is 0 Å². The number of esters is 1. The van der Waals surface area contributed by atoms with Gasteiger partial charge in [-0.05, 0) is 37.3 Å². The third-order valence-corrected chi connectivity index (χ3v) is 5.18. The highest BCUT2D eigenvalue weighted by atomic mass is 32.1. The van der Waals surface area contributed by atoms with Crippen LogP contribution in [0.4, 0.5) is 0 Å². The van der Waals surface area contributed by atoms with E-state index in [2.05, 4.69) is 15.1 Å². The Morgan fingerprint density at radius 1 is 1.33 bits per heavy atom. The zero-order chi connectivity index (χ0) is 19.4. The highest BCUT2D eigenvalue weighted by Gasteiger charge is 2.15. The van der Waals surface area contributed by atoms with Gasteiger partial charge in [0.05, 0.1) is 6.54 Å². The molecule has 0 bridgehead atoms. The van der Waals surface area contributed by atoms with Gasteiger partial charge in [-0.2, -0.15) is 10.1 Å². The van der Waals surface area contributed by atoms with Crippen molar-refractivity contribution in [2.45, 2.75) is 33.2 Å². The second-order valence-electron chi connectivity index (χ2n) is 6.22. The van der Waals surface area contributed by atoms with E-state index >= 15 is 0 Å².